The van der Waals surface area contributed by atoms with E-state index in [-0.39, 0.29) is 0 Å². The summed E-state index contributed by atoms with van der Waals surface area (Å²) < 4.78 is 0. The van der Waals surface area contributed by atoms with Gasteiger partial charge in [0.25, 0.3) is 0 Å². The number of allylic oxidation sites excluding steroid dienone is 8. The molecule has 0 saturated heterocycles. The van der Waals surface area contributed by atoms with Crippen molar-refractivity contribution >= 4 is 0 Å². The van der Waals surface area contributed by atoms with Crippen LogP contribution in [0.1, 0.15) is 79.6 Å². The summed E-state index contributed by atoms with van der Waals surface area (Å²) in [5.74, 6) is 0. The first-order valence-corrected chi connectivity index (χ1v) is 8.26. The van der Waals surface area contributed by atoms with E-state index in [1.807, 2.05) is 0 Å². The molecule has 0 bridgehead atoms. The van der Waals surface area contributed by atoms with Crippen molar-refractivity contribution in [2.45, 2.75) is 79.6 Å². The van der Waals surface area contributed by atoms with Crippen LogP contribution in [0, 0.1) is 6.92 Å². The average molecular weight is 287 g/mol. The minimum Gasteiger partial charge on any atom is -0.0856 e. The summed E-state index contributed by atoms with van der Waals surface area (Å²) in [5.41, 5.74) is 5.84. The zero-order valence-corrected chi connectivity index (χ0v) is 14.8. The fourth-order valence-electron chi connectivity index (χ4n) is 2.19. The molecule has 2 radical (unpaired) electrons. The summed E-state index contributed by atoms with van der Waals surface area (Å²) in [4.78, 5) is 0. The van der Waals surface area contributed by atoms with E-state index in [1.165, 1.54) is 48.0 Å². The van der Waals surface area contributed by atoms with Gasteiger partial charge in [-0.2, -0.15) is 0 Å². The smallest absolute Gasteiger partial charge is 0.0288 e. The Morgan fingerprint density at radius 3 is 1.38 bits per heavy atom. The Hall–Kier alpha value is -1.04. The van der Waals surface area contributed by atoms with Crippen LogP contribution < -0.4 is 0 Å². The molecule has 0 spiro atoms. The summed E-state index contributed by atoms with van der Waals surface area (Å²) in [6.45, 7) is 16.5. The highest BCUT2D eigenvalue weighted by atomic mass is 14.0. The van der Waals surface area contributed by atoms with E-state index in [4.69, 9.17) is 6.92 Å². The van der Waals surface area contributed by atoms with Crippen molar-refractivity contribution in [1.29, 1.82) is 0 Å². The van der Waals surface area contributed by atoms with Crippen LogP contribution in [0.3, 0.4) is 0 Å². The standard InChI is InChI=1S/C21H34/c1-7-11-19(4)14-9-15-21(6)17-10-16-20(5)13-8-12-18(2)3/h1,11-12,15-16H,7-10,13-14,17H2,2-6H3/b19-11+,20-16+,21-15+. The van der Waals surface area contributed by atoms with Crippen molar-refractivity contribution in [2.75, 3.05) is 0 Å². The summed E-state index contributed by atoms with van der Waals surface area (Å²) in [6, 6.07) is 0. The van der Waals surface area contributed by atoms with E-state index in [0.29, 0.717) is 6.42 Å². The molecule has 0 N–H and O–H groups in total. The zero-order chi connectivity index (χ0) is 16.1. The topological polar surface area (TPSA) is 0 Å². The van der Waals surface area contributed by atoms with Gasteiger partial charge in [-0.1, -0.05) is 46.6 Å². The molecule has 0 nitrogen and oxygen atoms in total. The molecule has 0 aromatic rings. The van der Waals surface area contributed by atoms with Crippen LogP contribution in [0.5, 0.6) is 0 Å². The second-order valence-corrected chi connectivity index (χ2v) is 6.28. The predicted molar refractivity (Wildman–Crippen MR) is 97.3 cm³/mol. The Bertz CT molecular complexity index is 384. The molecule has 0 heterocycles. The van der Waals surface area contributed by atoms with E-state index in [9.17, 15) is 0 Å². The number of rotatable bonds is 10. The van der Waals surface area contributed by atoms with Crippen LogP contribution in [0.25, 0.3) is 0 Å². The molecule has 0 heteroatoms. The molecule has 0 aromatic carbocycles. The summed E-state index contributed by atoms with van der Waals surface area (Å²) in [7, 11) is 0. The molecule has 21 heavy (non-hydrogen) atoms. The monoisotopic (exact) mass is 286 g/mol. The molecule has 0 aromatic heterocycles. The first kappa shape index (κ1) is 20.0. The Kier molecular flexibility index (Phi) is 12.1. The third kappa shape index (κ3) is 13.7. The van der Waals surface area contributed by atoms with E-state index in [2.05, 4.69) is 58.9 Å². The van der Waals surface area contributed by atoms with E-state index >= 15 is 0 Å². The van der Waals surface area contributed by atoms with Crippen molar-refractivity contribution in [1.82, 2.24) is 0 Å². The van der Waals surface area contributed by atoms with Gasteiger partial charge in [0.2, 0.25) is 0 Å². The van der Waals surface area contributed by atoms with Crippen molar-refractivity contribution in [2.24, 2.45) is 0 Å². The Labute approximate surface area is 133 Å². The molecular weight excluding hydrogens is 252 g/mol. The average Bonchev–Trinajstić information content (AvgIpc) is 2.38. The van der Waals surface area contributed by atoms with Crippen molar-refractivity contribution in [3.63, 3.8) is 0 Å². The number of hydrogen-bond acceptors (Lipinski definition) is 0. The summed E-state index contributed by atoms with van der Waals surface area (Å²) in [5, 5.41) is 0. The first-order chi connectivity index (χ1) is 9.95. The van der Waals surface area contributed by atoms with E-state index in [0.717, 1.165) is 12.8 Å². The van der Waals surface area contributed by atoms with Crippen LogP contribution in [0.2, 0.25) is 0 Å². The van der Waals surface area contributed by atoms with Gasteiger partial charge in [-0.25, -0.2) is 0 Å². The SMILES string of the molecule is [CH]C/C=C(\C)CC/C=C(\C)CC/C=C(\C)CCC=C(C)C. The maximum Gasteiger partial charge on any atom is -0.0288 e. The molecule has 0 fully saturated rings. The highest BCUT2D eigenvalue weighted by Gasteiger charge is 1.93. The lowest BCUT2D eigenvalue weighted by Gasteiger charge is -2.02. The minimum absolute atomic E-state index is 0.658. The van der Waals surface area contributed by atoms with E-state index < -0.39 is 0 Å². The highest BCUT2D eigenvalue weighted by molar-refractivity contribution is 5.07. The van der Waals surface area contributed by atoms with Crippen LogP contribution in [0.15, 0.2) is 46.6 Å². The molecule has 0 aliphatic heterocycles. The molecule has 0 aliphatic rings. The summed E-state index contributed by atoms with van der Waals surface area (Å²) in [6.07, 6.45) is 16.8. The fraction of sp³-hybridized carbons (Fsp3) is 0.571. The van der Waals surface area contributed by atoms with Gasteiger partial charge in [0.05, 0.1) is 0 Å². The molecular formula is C21H34. The van der Waals surface area contributed by atoms with Crippen LogP contribution >= 0.6 is 0 Å². The van der Waals surface area contributed by atoms with Crippen LogP contribution in [0.4, 0.5) is 0 Å². The largest absolute Gasteiger partial charge is 0.0856 e. The van der Waals surface area contributed by atoms with Gasteiger partial charge in [0.15, 0.2) is 0 Å². The second kappa shape index (κ2) is 12.7. The Balaban J connectivity index is 3.93. The van der Waals surface area contributed by atoms with Gasteiger partial charge in [-0.3, -0.25) is 0 Å². The normalized spacial score (nSPS) is 13.5. The lowest BCUT2D eigenvalue weighted by atomic mass is 10.0. The van der Waals surface area contributed by atoms with E-state index in [1.54, 1.807) is 0 Å². The Morgan fingerprint density at radius 2 is 1.00 bits per heavy atom. The van der Waals surface area contributed by atoms with Gasteiger partial charge >= 0.3 is 0 Å². The van der Waals surface area contributed by atoms with Gasteiger partial charge in [0, 0.05) is 0 Å². The molecule has 0 saturated carbocycles. The second-order valence-electron chi connectivity index (χ2n) is 6.28. The molecule has 0 aliphatic carbocycles. The van der Waals surface area contributed by atoms with Gasteiger partial charge in [-0.05, 0) is 86.5 Å². The van der Waals surface area contributed by atoms with Crippen molar-refractivity contribution < 1.29 is 0 Å². The maximum absolute atomic E-state index is 5.50. The summed E-state index contributed by atoms with van der Waals surface area (Å²) >= 11 is 0. The fourth-order valence-corrected chi connectivity index (χ4v) is 2.19. The lowest BCUT2D eigenvalue weighted by molar-refractivity contribution is 0.898. The van der Waals surface area contributed by atoms with Gasteiger partial charge in [-0.15, -0.1) is 0 Å². The number of hydrogen-bond donors (Lipinski definition) is 0. The molecule has 0 rings (SSSR count). The lowest BCUT2D eigenvalue weighted by Crippen LogP contribution is -1.82. The molecule has 0 atom stereocenters. The molecule has 0 unspecified atom stereocenters. The van der Waals surface area contributed by atoms with Gasteiger partial charge < -0.3 is 0 Å². The third-order valence-electron chi connectivity index (χ3n) is 3.62. The van der Waals surface area contributed by atoms with Crippen LogP contribution in [-0.4, -0.2) is 0 Å². The molecule has 118 valence electrons. The first-order valence-electron chi connectivity index (χ1n) is 8.26. The van der Waals surface area contributed by atoms with Gasteiger partial charge in [0.1, 0.15) is 0 Å². The highest BCUT2D eigenvalue weighted by Crippen LogP contribution is 2.13. The maximum atomic E-state index is 5.50. The Morgan fingerprint density at radius 1 is 0.619 bits per heavy atom. The quantitative estimate of drug-likeness (QED) is 0.371. The van der Waals surface area contributed by atoms with Crippen LogP contribution in [-0.2, 0) is 0 Å². The zero-order valence-electron chi connectivity index (χ0n) is 14.8. The predicted octanol–water partition coefficient (Wildman–Crippen LogP) is 7.23. The third-order valence-corrected chi connectivity index (χ3v) is 3.62. The minimum atomic E-state index is 0.658. The molecule has 0 amide bonds. The van der Waals surface area contributed by atoms with Crippen molar-refractivity contribution in [3.05, 3.63) is 53.5 Å². The van der Waals surface area contributed by atoms with Crippen molar-refractivity contribution in [3.8, 4) is 0 Å².